The van der Waals surface area contributed by atoms with E-state index in [-0.39, 0.29) is 5.60 Å². The lowest BCUT2D eigenvalue weighted by atomic mass is 9.93. The fraction of sp³-hybridized carbons (Fsp3) is 0.407. The Morgan fingerprint density at radius 1 is 1.06 bits per heavy atom. The number of ether oxygens (including phenoxy) is 2. The Labute approximate surface area is 189 Å². The average Bonchev–Trinajstić information content (AvgIpc) is 3.13. The van der Waals surface area contributed by atoms with Gasteiger partial charge in [0.1, 0.15) is 22.8 Å². The van der Waals surface area contributed by atoms with Gasteiger partial charge < -0.3 is 14.6 Å². The lowest BCUT2D eigenvalue weighted by Gasteiger charge is -2.25. The third kappa shape index (κ3) is 4.10. The fourth-order valence-electron chi connectivity index (χ4n) is 4.48. The Hall–Kier alpha value is -2.33. The van der Waals surface area contributed by atoms with Gasteiger partial charge in [-0.25, -0.2) is 0 Å². The van der Waals surface area contributed by atoms with E-state index in [2.05, 4.69) is 44.2 Å². The van der Waals surface area contributed by atoms with Crippen molar-refractivity contribution in [2.45, 2.75) is 52.6 Å². The van der Waals surface area contributed by atoms with Crippen LogP contribution in [0.2, 0.25) is 0 Å². The zero-order chi connectivity index (χ0) is 22.3. The minimum Gasteiger partial charge on any atom is -0.507 e. The first kappa shape index (κ1) is 21.9. The predicted octanol–water partition coefficient (Wildman–Crippen LogP) is 6.71. The highest BCUT2D eigenvalue weighted by Gasteiger charge is 2.38. The Morgan fingerprint density at radius 3 is 2.52 bits per heavy atom. The summed E-state index contributed by atoms with van der Waals surface area (Å²) in [5.74, 6) is 4.71. The van der Waals surface area contributed by atoms with Crippen LogP contribution in [-0.2, 0) is 6.42 Å². The highest BCUT2D eigenvalue weighted by molar-refractivity contribution is 7.99. The summed E-state index contributed by atoms with van der Waals surface area (Å²) < 4.78 is 11.8. The van der Waals surface area contributed by atoms with Crippen LogP contribution in [0.4, 0.5) is 0 Å². The third-order valence-electron chi connectivity index (χ3n) is 6.66. The van der Waals surface area contributed by atoms with Gasteiger partial charge in [0.05, 0.1) is 7.11 Å². The number of phenols is 1. The topological polar surface area (TPSA) is 38.7 Å². The Kier molecular flexibility index (Phi) is 5.87. The molecule has 0 saturated heterocycles. The van der Waals surface area contributed by atoms with E-state index in [1.807, 2.05) is 38.6 Å². The molecule has 2 atom stereocenters. The van der Waals surface area contributed by atoms with Crippen molar-refractivity contribution >= 4 is 22.5 Å². The van der Waals surface area contributed by atoms with Crippen molar-refractivity contribution in [2.75, 3.05) is 18.6 Å². The number of aromatic hydroxyl groups is 1. The maximum absolute atomic E-state index is 10.4. The molecule has 164 valence electrons. The smallest absolute Gasteiger partial charge is 0.127 e. The van der Waals surface area contributed by atoms with E-state index < -0.39 is 0 Å². The minimum absolute atomic E-state index is 0.234. The molecule has 0 amide bonds. The van der Waals surface area contributed by atoms with Gasteiger partial charge in [0, 0.05) is 23.5 Å². The lowest BCUT2D eigenvalue weighted by molar-refractivity contribution is 0.143. The molecule has 2 unspecified atom stereocenters. The van der Waals surface area contributed by atoms with Gasteiger partial charge in [-0.3, -0.25) is 0 Å². The molecule has 1 aliphatic rings. The Morgan fingerprint density at radius 2 is 1.77 bits per heavy atom. The number of phenolic OH excluding ortho intramolecular Hbond substituents is 1. The normalized spacial score (nSPS) is 18.6. The first-order valence-corrected chi connectivity index (χ1v) is 12.0. The number of fused-ring (bicyclic) bond motifs is 2. The van der Waals surface area contributed by atoms with Crippen LogP contribution in [0.3, 0.4) is 0 Å². The van der Waals surface area contributed by atoms with Gasteiger partial charge in [0.25, 0.3) is 0 Å². The molecule has 1 N–H and O–H groups in total. The molecule has 0 spiro atoms. The van der Waals surface area contributed by atoms with Crippen LogP contribution < -0.4 is 9.47 Å². The quantitative estimate of drug-likeness (QED) is 0.466. The summed E-state index contributed by atoms with van der Waals surface area (Å²) in [7, 11) is 1.70. The van der Waals surface area contributed by atoms with E-state index in [4.69, 9.17) is 9.47 Å². The molecular formula is C27H32O3S. The zero-order valence-electron chi connectivity index (χ0n) is 19.3. The van der Waals surface area contributed by atoms with Gasteiger partial charge in [0.15, 0.2) is 0 Å². The van der Waals surface area contributed by atoms with Gasteiger partial charge in [0.2, 0.25) is 0 Å². The fourth-order valence-corrected chi connectivity index (χ4v) is 5.74. The second kappa shape index (κ2) is 8.31. The van der Waals surface area contributed by atoms with Crippen molar-refractivity contribution in [1.82, 2.24) is 0 Å². The minimum atomic E-state index is -0.234. The van der Waals surface area contributed by atoms with Gasteiger partial charge in [-0.1, -0.05) is 31.2 Å². The highest BCUT2D eigenvalue weighted by atomic mass is 32.2. The van der Waals surface area contributed by atoms with E-state index >= 15 is 0 Å². The molecule has 0 aliphatic carbocycles. The summed E-state index contributed by atoms with van der Waals surface area (Å²) in [5, 5.41) is 12.9. The highest BCUT2D eigenvalue weighted by Crippen LogP contribution is 2.45. The molecule has 4 rings (SSSR count). The molecule has 4 heteroatoms. The summed E-state index contributed by atoms with van der Waals surface area (Å²) >= 11 is 1.95. The molecular weight excluding hydrogens is 404 g/mol. The maximum Gasteiger partial charge on any atom is 0.127 e. The molecule has 0 aromatic heterocycles. The predicted molar refractivity (Wildman–Crippen MR) is 131 cm³/mol. The van der Waals surface area contributed by atoms with Crippen LogP contribution in [0, 0.1) is 20.8 Å². The van der Waals surface area contributed by atoms with Crippen molar-refractivity contribution in [3.8, 4) is 17.2 Å². The van der Waals surface area contributed by atoms with Crippen molar-refractivity contribution in [3.63, 3.8) is 0 Å². The molecule has 0 radical (unpaired) electrons. The maximum atomic E-state index is 10.4. The van der Waals surface area contributed by atoms with Crippen LogP contribution in [0.15, 0.2) is 36.4 Å². The van der Waals surface area contributed by atoms with Gasteiger partial charge in [-0.2, -0.15) is 11.8 Å². The van der Waals surface area contributed by atoms with Crippen molar-refractivity contribution in [1.29, 1.82) is 0 Å². The van der Waals surface area contributed by atoms with E-state index in [1.165, 1.54) is 21.9 Å². The van der Waals surface area contributed by atoms with Crippen molar-refractivity contribution in [3.05, 3.63) is 64.2 Å². The van der Waals surface area contributed by atoms with Crippen LogP contribution in [-0.4, -0.2) is 29.3 Å². The van der Waals surface area contributed by atoms with E-state index in [0.717, 1.165) is 46.1 Å². The summed E-state index contributed by atoms with van der Waals surface area (Å²) in [6.45, 7) is 10.5. The molecule has 3 aromatic rings. The van der Waals surface area contributed by atoms with Crippen molar-refractivity contribution in [2.24, 2.45) is 0 Å². The first-order chi connectivity index (χ1) is 14.7. The van der Waals surface area contributed by atoms with Crippen LogP contribution >= 0.6 is 11.8 Å². The Balaban J connectivity index is 1.41. The molecule has 0 saturated carbocycles. The number of thioether (sulfide) groups is 1. The lowest BCUT2D eigenvalue weighted by Crippen LogP contribution is -2.33. The average molecular weight is 437 g/mol. The van der Waals surface area contributed by atoms with Crippen LogP contribution in [0.5, 0.6) is 17.2 Å². The number of hydrogen-bond acceptors (Lipinski definition) is 4. The largest absolute Gasteiger partial charge is 0.507 e. The van der Waals surface area contributed by atoms with E-state index in [9.17, 15) is 5.11 Å². The van der Waals surface area contributed by atoms with Gasteiger partial charge >= 0.3 is 0 Å². The number of hydrogen-bond donors (Lipinski definition) is 1. The zero-order valence-corrected chi connectivity index (χ0v) is 20.2. The second-order valence-corrected chi connectivity index (χ2v) is 10.2. The van der Waals surface area contributed by atoms with E-state index in [0.29, 0.717) is 11.7 Å². The molecule has 31 heavy (non-hydrogen) atoms. The second-order valence-electron chi connectivity index (χ2n) is 9.15. The first-order valence-electron chi connectivity index (χ1n) is 10.9. The summed E-state index contributed by atoms with van der Waals surface area (Å²) in [5.41, 5.74) is 5.25. The SMILES string of the molecule is COc1ccc2cc(C(C)CSCC3(C)Cc4c(C)c(O)c(C)c(C)c4O3)ccc2c1. The van der Waals surface area contributed by atoms with E-state index in [1.54, 1.807) is 7.11 Å². The molecule has 1 aliphatic heterocycles. The monoisotopic (exact) mass is 436 g/mol. The third-order valence-corrected chi connectivity index (χ3v) is 8.21. The summed E-state index contributed by atoms with van der Waals surface area (Å²) in [6, 6.07) is 12.9. The molecule has 3 nitrogen and oxygen atoms in total. The number of benzene rings is 3. The van der Waals surface area contributed by atoms with Crippen LogP contribution in [0.1, 0.15) is 47.6 Å². The molecule has 3 aromatic carbocycles. The van der Waals surface area contributed by atoms with Crippen molar-refractivity contribution < 1.29 is 14.6 Å². The molecule has 0 fully saturated rings. The number of rotatable bonds is 6. The summed E-state index contributed by atoms with van der Waals surface area (Å²) in [6.07, 6.45) is 0.849. The van der Waals surface area contributed by atoms with Gasteiger partial charge in [-0.15, -0.1) is 0 Å². The molecule has 0 bridgehead atoms. The summed E-state index contributed by atoms with van der Waals surface area (Å²) in [4.78, 5) is 0. The number of methoxy groups -OCH3 is 1. The molecule has 1 heterocycles. The Bertz CT molecular complexity index is 1100. The van der Waals surface area contributed by atoms with Gasteiger partial charge in [-0.05, 0) is 78.8 Å². The standard InChI is InChI=1S/C27H32O3S/c1-16(20-7-8-22-12-23(29-6)10-9-21(22)11-20)14-31-15-27(5)13-24-19(4)25(28)17(2)18(3)26(24)30-27/h7-12,16,28H,13-15H2,1-6H3. The van der Waals surface area contributed by atoms with Crippen LogP contribution in [0.25, 0.3) is 10.8 Å².